The molecule has 0 aromatic carbocycles. The van der Waals surface area contributed by atoms with E-state index in [1.54, 1.807) is 0 Å². The number of hydrogen-bond donors (Lipinski definition) is 0. The largest absolute Gasteiger partial charge is 0.464 e. The molecule has 0 spiro atoms. The summed E-state index contributed by atoms with van der Waals surface area (Å²) in [6.07, 6.45) is 0. The van der Waals surface area contributed by atoms with Crippen LogP contribution in [0, 0.1) is 0 Å². The van der Waals surface area contributed by atoms with Gasteiger partial charge < -0.3 is 4.74 Å². The number of esters is 1. The fourth-order valence-corrected chi connectivity index (χ4v) is 1.81. The van der Waals surface area contributed by atoms with Crippen molar-refractivity contribution in [2.45, 2.75) is 11.8 Å². The molecule has 0 unspecified atom stereocenters. The van der Waals surface area contributed by atoms with Crippen LogP contribution in [-0.4, -0.2) is 32.3 Å². The maximum Gasteiger partial charge on any atom is 0.356 e. The van der Waals surface area contributed by atoms with Crippen molar-refractivity contribution in [3.63, 3.8) is 0 Å². The lowest BCUT2D eigenvalue weighted by Crippen LogP contribution is -2.10. The third-order valence-electron chi connectivity index (χ3n) is 1.84. The van der Waals surface area contributed by atoms with Crippen LogP contribution in [-0.2, 0) is 13.8 Å². The predicted octanol–water partition coefficient (Wildman–Crippen LogP) is 0.998. The van der Waals surface area contributed by atoms with E-state index < -0.39 is 20.8 Å². The molecule has 1 aromatic rings. The van der Waals surface area contributed by atoms with Crippen LogP contribution in [0.5, 0.6) is 0 Å². The molecular formula is C9H8ClNO5S. The number of carbonyl (C=O) groups excluding carboxylic acids is 2. The Kier molecular flexibility index (Phi) is 3.84. The summed E-state index contributed by atoms with van der Waals surface area (Å²) < 4.78 is 26.7. The van der Waals surface area contributed by atoms with E-state index in [9.17, 15) is 18.0 Å². The van der Waals surface area contributed by atoms with E-state index in [-0.39, 0.29) is 16.3 Å². The highest BCUT2D eigenvalue weighted by atomic mass is 35.7. The zero-order valence-electron chi connectivity index (χ0n) is 8.93. The van der Waals surface area contributed by atoms with Gasteiger partial charge in [0.05, 0.1) is 12.0 Å². The van der Waals surface area contributed by atoms with Gasteiger partial charge in [0.25, 0.3) is 9.05 Å². The third kappa shape index (κ3) is 3.24. The third-order valence-corrected chi connectivity index (χ3v) is 3.17. The minimum atomic E-state index is -4.05. The van der Waals surface area contributed by atoms with E-state index in [1.807, 2.05) is 0 Å². The molecule has 1 aromatic heterocycles. The molecule has 1 heterocycles. The zero-order chi connectivity index (χ0) is 13.2. The average Bonchev–Trinajstić information content (AvgIpc) is 2.26. The first-order valence-corrected chi connectivity index (χ1v) is 6.62. The maximum atomic E-state index is 11.2. The van der Waals surface area contributed by atoms with Gasteiger partial charge in [-0.15, -0.1) is 0 Å². The van der Waals surface area contributed by atoms with Crippen LogP contribution in [0.15, 0.2) is 17.0 Å². The lowest BCUT2D eigenvalue weighted by atomic mass is 10.2. The molecule has 0 bridgehead atoms. The highest BCUT2D eigenvalue weighted by molar-refractivity contribution is 8.13. The summed E-state index contributed by atoms with van der Waals surface area (Å²) in [7, 11) is 2.20. The number of ketones is 1. The summed E-state index contributed by atoms with van der Waals surface area (Å²) in [5.41, 5.74) is -0.466. The predicted molar refractivity (Wildman–Crippen MR) is 58.6 cm³/mol. The molecule has 8 heteroatoms. The van der Waals surface area contributed by atoms with Crippen LogP contribution in [0.25, 0.3) is 0 Å². The van der Waals surface area contributed by atoms with E-state index in [2.05, 4.69) is 9.72 Å². The van der Waals surface area contributed by atoms with Gasteiger partial charge in [0.1, 0.15) is 5.69 Å². The van der Waals surface area contributed by atoms with Crippen LogP contribution in [0.3, 0.4) is 0 Å². The van der Waals surface area contributed by atoms with Gasteiger partial charge >= 0.3 is 5.97 Å². The Morgan fingerprint density at radius 2 is 1.82 bits per heavy atom. The van der Waals surface area contributed by atoms with Gasteiger partial charge in [-0.2, -0.15) is 0 Å². The number of nitrogens with zero attached hydrogens (tertiary/aromatic N) is 1. The van der Waals surface area contributed by atoms with Gasteiger partial charge in [-0.3, -0.25) is 4.79 Å². The van der Waals surface area contributed by atoms with E-state index in [1.165, 1.54) is 6.92 Å². The molecule has 0 aliphatic rings. The smallest absolute Gasteiger partial charge is 0.356 e. The molecule has 6 nitrogen and oxygen atoms in total. The number of rotatable bonds is 3. The molecule has 0 atom stereocenters. The Morgan fingerprint density at radius 3 is 2.24 bits per heavy atom. The molecular weight excluding hydrogens is 270 g/mol. The van der Waals surface area contributed by atoms with Gasteiger partial charge in [0, 0.05) is 17.6 Å². The van der Waals surface area contributed by atoms with E-state index in [0.29, 0.717) is 0 Å². The lowest BCUT2D eigenvalue weighted by molar-refractivity contribution is 0.0593. The normalized spacial score (nSPS) is 11.0. The summed E-state index contributed by atoms with van der Waals surface area (Å²) >= 11 is 0. The summed E-state index contributed by atoms with van der Waals surface area (Å²) in [5, 5.41) is 0. The monoisotopic (exact) mass is 277 g/mol. The van der Waals surface area contributed by atoms with Crippen LogP contribution in [0.4, 0.5) is 0 Å². The van der Waals surface area contributed by atoms with Crippen molar-refractivity contribution < 1.29 is 22.7 Å². The van der Waals surface area contributed by atoms with Crippen LogP contribution < -0.4 is 0 Å². The van der Waals surface area contributed by atoms with Crippen molar-refractivity contribution in [1.82, 2.24) is 4.98 Å². The Labute approximate surface area is 102 Å². The Hall–Kier alpha value is -1.47. The van der Waals surface area contributed by atoms with Gasteiger partial charge in [-0.05, 0) is 12.1 Å². The number of carbonyl (C=O) groups is 2. The summed E-state index contributed by atoms with van der Waals surface area (Å²) in [6, 6.07) is 1.94. The second kappa shape index (κ2) is 4.80. The topological polar surface area (TPSA) is 90.4 Å². The van der Waals surface area contributed by atoms with Gasteiger partial charge in [0.15, 0.2) is 11.5 Å². The molecule has 0 N–H and O–H groups in total. The number of pyridine rings is 1. The summed E-state index contributed by atoms with van der Waals surface area (Å²) in [5.74, 6) is -1.34. The second-order valence-electron chi connectivity index (χ2n) is 3.06. The number of aromatic nitrogens is 1. The van der Waals surface area contributed by atoms with Crippen molar-refractivity contribution in [2.24, 2.45) is 0 Å². The Balaban J connectivity index is 3.50. The minimum absolute atomic E-state index is 0.174. The van der Waals surface area contributed by atoms with Crippen molar-refractivity contribution in [2.75, 3.05) is 7.11 Å². The fourth-order valence-electron chi connectivity index (χ4n) is 1.04. The quantitative estimate of drug-likeness (QED) is 0.465. The van der Waals surface area contributed by atoms with E-state index in [4.69, 9.17) is 10.7 Å². The SMILES string of the molecule is COC(=O)c1cc(S(=O)(=O)Cl)cc(C(C)=O)n1. The number of halogens is 1. The summed E-state index contributed by atoms with van der Waals surface area (Å²) in [4.78, 5) is 25.7. The van der Waals surface area contributed by atoms with Gasteiger partial charge in [-0.1, -0.05) is 0 Å². The molecule has 0 fully saturated rings. The zero-order valence-corrected chi connectivity index (χ0v) is 10.5. The average molecular weight is 278 g/mol. The molecule has 17 heavy (non-hydrogen) atoms. The minimum Gasteiger partial charge on any atom is -0.464 e. The molecule has 0 aliphatic carbocycles. The molecule has 1 rings (SSSR count). The molecule has 0 aliphatic heterocycles. The molecule has 0 saturated heterocycles. The number of Topliss-reactive ketones (excluding diaryl/α,β-unsaturated/α-hetero) is 1. The first kappa shape index (κ1) is 13.6. The first-order chi connectivity index (χ1) is 7.75. The van der Waals surface area contributed by atoms with E-state index >= 15 is 0 Å². The van der Waals surface area contributed by atoms with E-state index in [0.717, 1.165) is 19.2 Å². The van der Waals surface area contributed by atoms with Gasteiger partial charge in [0.2, 0.25) is 0 Å². The van der Waals surface area contributed by atoms with Gasteiger partial charge in [-0.25, -0.2) is 18.2 Å². The standard InChI is InChI=1S/C9H8ClNO5S/c1-5(12)7-3-6(17(10,14)15)4-8(11-7)9(13)16-2/h3-4H,1-2H3. The number of methoxy groups -OCH3 is 1. The van der Waals surface area contributed by atoms with Crippen molar-refractivity contribution in [1.29, 1.82) is 0 Å². The lowest BCUT2D eigenvalue weighted by Gasteiger charge is -2.03. The summed E-state index contributed by atoms with van der Waals surface area (Å²) in [6.45, 7) is 1.19. The number of hydrogen-bond acceptors (Lipinski definition) is 6. The highest BCUT2D eigenvalue weighted by Gasteiger charge is 2.18. The number of ether oxygens (including phenoxy) is 1. The fraction of sp³-hybridized carbons (Fsp3) is 0.222. The van der Waals surface area contributed by atoms with Crippen molar-refractivity contribution in [3.05, 3.63) is 23.5 Å². The molecule has 0 radical (unpaired) electrons. The van der Waals surface area contributed by atoms with Crippen molar-refractivity contribution >= 4 is 31.5 Å². The molecule has 92 valence electrons. The highest BCUT2D eigenvalue weighted by Crippen LogP contribution is 2.17. The molecule has 0 saturated carbocycles. The molecule has 0 amide bonds. The van der Waals surface area contributed by atoms with Crippen LogP contribution in [0.2, 0.25) is 0 Å². The van der Waals surface area contributed by atoms with Crippen LogP contribution >= 0.6 is 10.7 Å². The van der Waals surface area contributed by atoms with Crippen molar-refractivity contribution in [3.8, 4) is 0 Å². The van der Waals surface area contributed by atoms with Crippen LogP contribution in [0.1, 0.15) is 27.9 Å². The second-order valence-corrected chi connectivity index (χ2v) is 5.62. The first-order valence-electron chi connectivity index (χ1n) is 4.31. The Morgan fingerprint density at radius 1 is 1.29 bits per heavy atom. The maximum absolute atomic E-state index is 11.2. The Bertz CT molecular complexity index is 581.